The highest BCUT2D eigenvalue weighted by molar-refractivity contribution is 7.14. The third kappa shape index (κ3) is 4.40. The lowest BCUT2D eigenvalue weighted by molar-refractivity contribution is 0.354. The van der Waals surface area contributed by atoms with Crippen molar-refractivity contribution >= 4 is 22.2 Å². The zero-order chi connectivity index (χ0) is 18.4. The monoisotopic (exact) mass is 367 g/mol. The van der Waals surface area contributed by atoms with Gasteiger partial charge in [-0.15, -0.1) is 11.3 Å². The molecule has 5 nitrogen and oxygen atoms in total. The molecule has 0 spiro atoms. The quantitative estimate of drug-likeness (QED) is 0.479. The third-order valence-corrected chi connectivity index (χ3v) is 4.57. The summed E-state index contributed by atoms with van der Waals surface area (Å²) in [5, 5.41) is 7.24. The summed E-state index contributed by atoms with van der Waals surface area (Å²) in [7, 11) is 3.27. The largest absolute Gasteiger partial charge is 0.493 e. The van der Waals surface area contributed by atoms with E-state index in [1.165, 1.54) is 11.3 Å². The Labute approximate surface area is 157 Å². The highest BCUT2D eigenvalue weighted by Crippen LogP contribution is 2.28. The lowest BCUT2D eigenvalue weighted by Crippen LogP contribution is -2.02. The van der Waals surface area contributed by atoms with Crippen LogP contribution >= 0.6 is 11.3 Å². The maximum absolute atomic E-state index is 5.34. The van der Waals surface area contributed by atoms with Gasteiger partial charge in [0.15, 0.2) is 11.5 Å². The van der Waals surface area contributed by atoms with Crippen LogP contribution in [0.25, 0.3) is 11.3 Å². The number of hydrogen-bond donors (Lipinski definition) is 1. The normalized spacial score (nSPS) is 11.3. The number of hydrogen-bond acceptors (Lipinski definition) is 6. The number of aromatic nitrogens is 1. The Morgan fingerprint density at radius 3 is 2.58 bits per heavy atom. The van der Waals surface area contributed by atoms with Crippen molar-refractivity contribution < 1.29 is 9.47 Å². The fraction of sp³-hybridized carbons (Fsp3) is 0.200. The smallest absolute Gasteiger partial charge is 0.203 e. The van der Waals surface area contributed by atoms with Gasteiger partial charge in [-0.05, 0) is 24.6 Å². The molecule has 0 radical (unpaired) electrons. The summed E-state index contributed by atoms with van der Waals surface area (Å²) in [6.07, 6.45) is 0.713. The van der Waals surface area contributed by atoms with Crippen molar-refractivity contribution in [2.24, 2.45) is 5.10 Å². The summed E-state index contributed by atoms with van der Waals surface area (Å²) < 4.78 is 10.6. The first kappa shape index (κ1) is 17.9. The van der Waals surface area contributed by atoms with E-state index in [1.54, 1.807) is 14.2 Å². The van der Waals surface area contributed by atoms with Crippen LogP contribution in [0.15, 0.2) is 59.0 Å². The molecule has 0 saturated carbocycles. The molecule has 0 unspecified atom stereocenters. The van der Waals surface area contributed by atoms with Crippen molar-refractivity contribution in [3.05, 3.63) is 59.5 Å². The molecule has 3 aromatic rings. The first-order valence-corrected chi connectivity index (χ1v) is 9.08. The van der Waals surface area contributed by atoms with Crippen LogP contribution in [0.4, 0.5) is 5.13 Å². The van der Waals surface area contributed by atoms with E-state index in [0.717, 1.165) is 39.2 Å². The van der Waals surface area contributed by atoms with Crippen molar-refractivity contribution in [3.63, 3.8) is 0 Å². The van der Waals surface area contributed by atoms with Crippen molar-refractivity contribution in [2.75, 3.05) is 19.6 Å². The molecule has 0 atom stereocenters. The maximum Gasteiger partial charge on any atom is 0.203 e. The summed E-state index contributed by atoms with van der Waals surface area (Å²) in [4.78, 5) is 4.57. The number of anilines is 1. The molecule has 0 aliphatic heterocycles. The molecular formula is C20H21N3O2S. The second kappa shape index (κ2) is 8.49. The molecule has 0 fully saturated rings. The average molecular weight is 367 g/mol. The topological polar surface area (TPSA) is 55.7 Å². The van der Waals surface area contributed by atoms with Crippen LogP contribution in [0, 0.1) is 0 Å². The highest BCUT2D eigenvalue weighted by atomic mass is 32.1. The van der Waals surface area contributed by atoms with E-state index < -0.39 is 0 Å². The molecule has 6 heteroatoms. The Morgan fingerprint density at radius 2 is 1.85 bits per heavy atom. The highest BCUT2D eigenvalue weighted by Gasteiger charge is 2.06. The van der Waals surface area contributed by atoms with Crippen molar-refractivity contribution in [1.82, 2.24) is 4.98 Å². The number of thiazole rings is 1. The summed E-state index contributed by atoms with van der Waals surface area (Å²) in [5.41, 5.74) is 7.15. The predicted octanol–water partition coefficient (Wildman–Crippen LogP) is 4.86. The van der Waals surface area contributed by atoms with Gasteiger partial charge < -0.3 is 9.47 Å². The molecule has 0 amide bonds. The van der Waals surface area contributed by atoms with E-state index in [9.17, 15) is 0 Å². The van der Waals surface area contributed by atoms with Crippen LogP contribution in [0.3, 0.4) is 0 Å². The van der Waals surface area contributed by atoms with Gasteiger partial charge in [-0.1, -0.05) is 36.4 Å². The minimum atomic E-state index is 0.713. The zero-order valence-electron chi connectivity index (χ0n) is 15.0. The summed E-state index contributed by atoms with van der Waals surface area (Å²) in [6, 6.07) is 16.0. The molecule has 1 heterocycles. The molecule has 0 aliphatic rings. The van der Waals surface area contributed by atoms with Gasteiger partial charge in [-0.25, -0.2) is 4.98 Å². The third-order valence-electron chi connectivity index (χ3n) is 3.82. The van der Waals surface area contributed by atoms with E-state index in [2.05, 4.69) is 15.5 Å². The number of hydrazone groups is 1. The fourth-order valence-electron chi connectivity index (χ4n) is 2.54. The fourth-order valence-corrected chi connectivity index (χ4v) is 3.20. The molecule has 0 aliphatic carbocycles. The van der Waals surface area contributed by atoms with E-state index in [0.29, 0.717) is 6.42 Å². The van der Waals surface area contributed by atoms with Gasteiger partial charge >= 0.3 is 0 Å². The number of nitrogens with one attached hydrogen (secondary N) is 1. The van der Waals surface area contributed by atoms with Gasteiger partial charge in [0.05, 0.1) is 19.9 Å². The Kier molecular flexibility index (Phi) is 5.86. The minimum Gasteiger partial charge on any atom is -0.493 e. The molecule has 134 valence electrons. The summed E-state index contributed by atoms with van der Waals surface area (Å²) in [5.74, 6) is 1.44. The lowest BCUT2D eigenvalue weighted by atomic mass is 10.1. The Morgan fingerprint density at radius 1 is 1.08 bits per heavy atom. The second-order valence-corrected chi connectivity index (χ2v) is 6.59. The minimum absolute atomic E-state index is 0.713. The molecule has 1 N–H and O–H groups in total. The average Bonchev–Trinajstić information content (AvgIpc) is 3.16. The predicted molar refractivity (Wildman–Crippen MR) is 108 cm³/mol. The van der Waals surface area contributed by atoms with Crippen LogP contribution in [0.1, 0.15) is 12.5 Å². The summed E-state index contributed by atoms with van der Waals surface area (Å²) in [6.45, 7) is 1.98. The lowest BCUT2D eigenvalue weighted by Gasteiger charge is -2.09. The van der Waals surface area contributed by atoms with Crippen molar-refractivity contribution in [3.8, 4) is 22.8 Å². The molecule has 0 bridgehead atoms. The summed E-state index contributed by atoms with van der Waals surface area (Å²) >= 11 is 1.54. The number of benzene rings is 2. The van der Waals surface area contributed by atoms with E-state index in [-0.39, 0.29) is 0 Å². The van der Waals surface area contributed by atoms with Crippen LogP contribution in [0.2, 0.25) is 0 Å². The second-order valence-electron chi connectivity index (χ2n) is 5.73. The van der Waals surface area contributed by atoms with Gasteiger partial charge in [0, 0.05) is 23.1 Å². The SMILES string of the molecule is COc1ccc(C/C(C)=N\Nc2nc(-c3ccccc3)cs2)cc1OC. The molecular weight excluding hydrogens is 346 g/mol. The zero-order valence-corrected chi connectivity index (χ0v) is 15.8. The first-order valence-electron chi connectivity index (χ1n) is 8.20. The molecule has 2 aromatic carbocycles. The van der Waals surface area contributed by atoms with Crippen LogP contribution in [0.5, 0.6) is 11.5 Å². The van der Waals surface area contributed by atoms with Gasteiger partial charge in [0.25, 0.3) is 0 Å². The van der Waals surface area contributed by atoms with E-state index in [1.807, 2.05) is 60.8 Å². The first-order chi connectivity index (χ1) is 12.7. The van der Waals surface area contributed by atoms with Crippen molar-refractivity contribution in [1.29, 1.82) is 0 Å². The van der Waals surface area contributed by atoms with Crippen LogP contribution in [-0.4, -0.2) is 24.9 Å². The van der Waals surface area contributed by atoms with Crippen LogP contribution in [-0.2, 0) is 6.42 Å². The van der Waals surface area contributed by atoms with E-state index >= 15 is 0 Å². The van der Waals surface area contributed by atoms with Crippen molar-refractivity contribution in [2.45, 2.75) is 13.3 Å². The Balaban J connectivity index is 1.65. The molecule has 0 saturated heterocycles. The molecule has 1 aromatic heterocycles. The number of ether oxygens (including phenoxy) is 2. The number of methoxy groups -OCH3 is 2. The van der Waals surface area contributed by atoms with Gasteiger partial charge in [-0.3, -0.25) is 5.43 Å². The standard InChI is InChI=1S/C20H21N3O2S/c1-14(11-15-9-10-18(24-2)19(12-15)25-3)22-23-20-21-17(13-26-20)16-7-5-4-6-8-16/h4-10,12-13H,11H2,1-3H3,(H,21,23)/b22-14-. The van der Waals surface area contributed by atoms with Gasteiger partial charge in [0.1, 0.15) is 0 Å². The maximum atomic E-state index is 5.34. The number of rotatable bonds is 7. The Bertz CT molecular complexity index is 891. The van der Waals surface area contributed by atoms with Gasteiger partial charge in [0.2, 0.25) is 5.13 Å². The molecule has 26 heavy (non-hydrogen) atoms. The van der Waals surface area contributed by atoms with E-state index in [4.69, 9.17) is 9.47 Å². The van der Waals surface area contributed by atoms with Crippen LogP contribution < -0.4 is 14.9 Å². The molecule has 3 rings (SSSR count). The Hall–Kier alpha value is -2.86. The van der Waals surface area contributed by atoms with Gasteiger partial charge in [-0.2, -0.15) is 5.10 Å². The number of nitrogens with zero attached hydrogens (tertiary/aromatic N) is 2.